The summed E-state index contributed by atoms with van der Waals surface area (Å²) in [7, 11) is 0. The van der Waals surface area contributed by atoms with Gasteiger partial charge in [-0.2, -0.15) is 0 Å². The van der Waals surface area contributed by atoms with Crippen molar-refractivity contribution in [2.45, 2.75) is 91.0 Å². The molecule has 0 radical (unpaired) electrons. The first-order chi connectivity index (χ1) is 13.1. The molecule has 28 heavy (non-hydrogen) atoms. The van der Waals surface area contributed by atoms with Gasteiger partial charge in [0.1, 0.15) is 17.8 Å². The van der Waals surface area contributed by atoms with Crippen molar-refractivity contribution in [2.24, 2.45) is 29.1 Å². The van der Waals surface area contributed by atoms with Gasteiger partial charge in [-0.3, -0.25) is 9.59 Å². The predicted molar refractivity (Wildman–Crippen MR) is 104 cm³/mol. The minimum Gasteiger partial charge on any atom is -0.492 e. The van der Waals surface area contributed by atoms with Crippen LogP contribution in [0.1, 0.15) is 73.1 Å². The maximum Gasteiger partial charge on any atom is 0.303 e. The second-order valence-electron chi connectivity index (χ2n) is 9.97. The van der Waals surface area contributed by atoms with E-state index in [-0.39, 0.29) is 41.1 Å². The van der Waals surface area contributed by atoms with Crippen LogP contribution in [0, 0.1) is 29.1 Å². The number of carbonyl (C=O) groups excluding carboxylic acids is 2. The van der Waals surface area contributed by atoms with Crippen molar-refractivity contribution in [3.05, 3.63) is 11.8 Å². The van der Waals surface area contributed by atoms with E-state index in [9.17, 15) is 9.59 Å². The fraction of sp³-hybridized carbons (Fsp3) is 0.826. The molecule has 1 saturated heterocycles. The topological polar surface area (TPSA) is 61.8 Å². The van der Waals surface area contributed by atoms with Gasteiger partial charge in [0.25, 0.3) is 0 Å². The normalized spacial score (nSPS) is 47.0. The van der Waals surface area contributed by atoms with E-state index in [1.807, 2.05) is 0 Å². The molecule has 2 aliphatic carbocycles. The zero-order chi connectivity index (χ0) is 20.3. The quantitative estimate of drug-likeness (QED) is 0.654. The largest absolute Gasteiger partial charge is 0.492 e. The maximum absolute atomic E-state index is 11.7. The third-order valence-electron chi connectivity index (χ3n) is 8.31. The van der Waals surface area contributed by atoms with Crippen LogP contribution in [0.25, 0.3) is 0 Å². The van der Waals surface area contributed by atoms with Gasteiger partial charge < -0.3 is 14.2 Å². The summed E-state index contributed by atoms with van der Waals surface area (Å²) in [6.07, 6.45) is 7.85. The van der Waals surface area contributed by atoms with Crippen molar-refractivity contribution < 1.29 is 23.8 Å². The minimum absolute atomic E-state index is 0.0311. The van der Waals surface area contributed by atoms with E-state index in [1.165, 1.54) is 13.8 Å². The molecule has 0 amide bonds. The SMILES string of the molecule is CC(=O)O[C@@H]1C=C2O[C@@](C)(CC1)[C@H]1CC[C@@]3(C)[C@@H](OC(C)=O)CC[C@H]3[C@@H]1[C@H]2C. The predicted octanol–water partition coefficient (Wildman–Crippen LogP) is 4.40. The maximum atomic E-state index is 11.7. The summed E-state index contributed by atoms with van der Waals surface area (Å²) < 4.78 is 17.9. The van der Waals surface area contributed by atoms with Gasteiger partial charge in [-0.1, -0.05) is 13.8 Å². The molecular formula is C23H34O5. The summed E-state index contributed by atoms with van der Waals surface area (Å²) in [5.41, 5.74) is -0.160. The van der Waals surface area contributed by atoms with Crippen LogP contribution in [0.4, 0.5) is 0 Å². The van der Waals surface area contributed by atoms with E-state index in [4.69, 9.17) is 14.2 Å². The lowest BCUT2D eigenvalue weighted by atomic mass is 9.52. The van der Waals surface area contributed by atoms with Gasteiger partial charge in [-0.25, -0.2) is 0 Å². The highest BCUT2D eigenvalue weighted by atomic mass is 16.6. The summed E-state index contributed by atoms with van der Waals surface area (Å²) in [6, 6.07) is 0. The Kier molecular flexibility index (Phi) is 4.79. The van der Waals surface area contributed by atoms with Gasteiger partial charge in [0.2, 0.25) is 0 Å². The summed E-state index contributed by atoms with van der Waals surface area (Å²) in [5.74, 6) is 2.41. The number of ether oxygens (including phenoxy) is 3. The van der Waals surface area contributed by atoms with Crippen LogP contribution in [0.15, 0.2) is 11.8 Å². The van der Waals surface area contributed by atoms with Gasteiger partial charge in [0.05, 0.1) is 5.76 Å². The van der Waals surface area contributed by atoms with Crippen molar-refractivity contribution in [1.82, 2.24) is 0 Å². The Labute approximate surface area is 168 Å². The third kappa shape index (κ3) is 3.05. The first-order valence-corrected chi connectivity index (χ1v) is 10.9. The molecule has 2 saturated carbocycles. The molecule has 0 aromatic carbocycles. The molecule has 2 bridgehead atoms. The first-order valence-electron chi connectivity index (χ1n) is 10.9. The van der Waals surface area contributed by atoms with E-state index >= 15 is 0 Å². The molecule has 3 fully saturated rings. The Morgan fingerprint density at radius 3 is 2.39 bits per heavy atom. The molecule has 2 heterocycles. The molecule has 2 aliphatic heterocycles. The zero-order valence-corrected chi connectivity index (χ0v) is 17.8. The van der Waals surface area contributed by atoms with Crippen LogP contribution in [0.2, 0.25) is 0 Å². The van der Waals surface area contributed by atoms with Crippen LogP contribution in [0.3, 0.4) is 0 Å². The first kappa shape index (κ1) is 19.8. The van der Waals surface area contributed by atoms with E-state index in [0.717, 1.165) is 44.3 Å². The lowest BCUT2D eigenvalue weighted by molar-refractivity contribution is -0.178. The van der Waals surface area contributed by atoms with E-state index in [1.54, 1.807) is 0 Å². The second-order valence-corrected chi connectivity index (χ2v) is 9.97. The molecule has 0 N–H and O–H groups in total. The van der Waals surface area contributed by atoms with Gasteiger partial charge in [-0.05, 0) is 63.4 Å². The van der Waals surface area contributed by atoms with Crippen LogP contribution >= 0.6 is 0 Å². The number of allylic oxidation sites excluding steroid dienone is 1. The van der Waals surface area contributed by atoms with Crippen molar-refractivity contribution in [1.29, 1.82) is 0 Å². The highest BCUT2D eigenvalue weighted by molar-refractivity contribution is 5.66. The average molecular weight is 391 g/mol. The number of rotatable bonds is 2. The summed E-state index contributed by atoms with van der Waals surface area (Å²) in [6.45, 7) is 9.85. The standard InChI is InChI=1S/C23H34O5/c1-13-19-12-16(26-14(2)24)8-11-23(5,28-19)18-9-10-22(4)17(21(13)18)6-7-20(22)27-15(3)25/h12-13,16-18,20-21H,6-11H2,1-5H3/t13-,16-,17-,18-,20-,21-,22+,23-/m0/s1. The summed E-state index contributed by atoms with van der Waals surface area (Å²) in [4.78, 5) is 23.2. The van der Waals surface area contributed by atoms with Crippen molar-refractivity contribution >= 4 is 11.9 Å². The number of esters is 2. The summed E-state index contributed by atoms with van der Waals surface area (Å²) in [5, 5.41) is 0. The smallest absolute Gasteiger partial charge is 0.303 e. The average Bonchev–Trinajstić information content (AvgIpc) is 2.83. The highest BCUT2D eigenvalue weighted by Crippen LogP contribution is 2.64. The van der Waals surface area contributed by atoms with Gasteiger partial charge in [0.15, 0.2) is 0 Å². The van der Waals surface area contributed by atoms with Gasteiger partial charge in [-0.15, -0.1) is 0 Å². The Hall–Kier alpha value is -1.52. The zero-order valence-electron chi connectivity index (χ0n) is 17.8. The Morgan fingerprint density at radius 2 is 1.71 bits per heavy atom. The molecule has 5 nitrogen and oxygen atoms in total. The van der Waals surface area contributed by atoms with E-state index in [0.29, 0.717) is 17.8 Å². The lowest BCUT2D eigenvalue weighted by Gasteiger charge is -2.58. The molecule has 0 aromatic heterocycles. The lowest BCUT2D eigenvalue weighted by Crippen LogP contribution is -2.56. The van der Waals surface area contributed by atoms with Crippen LogP contribution in [0.5, 0.6) is 0 Å². The Bertz CT molecular complexity index is 699. The van der Waals surface area contributed by atoms with Gasteiger partial charge >= 0.3 is 11.9 Å². The fourth-order valence-electron chi connectivity index (χ4n) is 7.00. The van der Waals surface area contributed by atoms with Crippen molar-refractivity contribution in [3.63, 3.8) is 0 Å². The monoisotopic (exact) mass is 390 g/mol. The van der Waals surface area contributed by atoms with Crippen LogP contribution < -0.4 is 0 Å². The number of carbonyl (C=O) groups is 2. The van der Waals surface area contributed by atoms with Gasteiger partial charge in [0, 0.05) is 31.1 Å². The molecule has 4 rings (SSSR count). The van der Waals surface area contributed by atoms with Crippen molar-refractivity contribution in [3.8, 4) is 0 Å². The molecule has 156 valence electrons. The minimum atomic E-state index is -0.235. The van der Waals surface area contributed by atoms with E-state index < -0.39 is 0 Å². The number of hydrogen-bond donors (Lipinski definition) is 0. The van der Waals surface area contributed by atoms with Crippen molar-refractivity contribution in [2.75, 3.05) is 0 Å². The van der Waals surface area contributed by atoms with Crippen LogP contribution in [-0.2, 0) is 23.8 Å². The Morgan fingerprint density at radius 1 is 1.00 bits per heavy atom. The molecular weight excluding hydrogens is 356 g/mol. The molecule has 0 spiro atoms. The fourth-order valence-corrected chi connectivity index (χ4v) is 7.00. The number of fused-ring (bicyclic) bond motifs is 6. The molecule has 0 aromatic rings. The molecule has 5 heteroatoms. The second kappa shape index (κ2) is 6.77. The van der Waals surface area contributed by atoms with E-state index in [2.05, 4.69) is 26.8 Å². The Balaban J connectivity index is 1.66. The summed E-state index contributed by atoms with van der Waals surface area (Å²) >= 11 is 0. The molecule has 8 atom stereocenters. The highest BCUT2D eigenvalue weighted by Gasteiger charge is 2.62. The molecule has 0 unspecified atom stereocenters. The molecule has 4 aliphatic rings. The number of hydrogen-bond acceptors (Lipinski definition) is 5. The van der Waals surface area contributed by atoms with Crippen LogP contribution in [-0.4, -0.2) is 29.7 Å². The third-order valence-corrected chi connectivity index (χ3v) is 8.31.